The summed E-state index contributed by atoms with van der Waals surface area (Å²) in [5.41, 5.74) is 3.24. The third-order valence-corrected chi connectivity index (χ3v) is 5.03. The van der Waals surface area contributed by atoms with Crippen molar-refractivity contribution in [3.8, 4) is 0 Å². The first-order valence-electron chi connectivity index (χ1n) is 10.1. The molecule has 0 aliphatic carbocycles. The van der Waals surface area contributed by atoms with Gasteiger partial charge in [-0.1, -0.05) is 42.5 Å². The predicted molar refractivity (Wildman–Crippen MR) is 114 cm³/mol. The summed E-state index contributed by atoms with van der Waals surface area (Å²) in [5.74, 6) is -0.0485. The molecule has 0 aromatic heterocycles. The van der Waals surface area contributed by atoms with Gasteiger partial charge in [-0.2, -0.15) is 0 Å². The van der Waals surface area contributed by atoms with Crippen LogP contribution in [0.1, 0.15) is 17.5 Å². The SMILES string of the molecule is CN(Cc1ccc(N2CCOCC2)cc1)C(=O)CCNC(=O)Cc1ccccc1. The van der Waals surface area contributed by atoms with E-state index in [0.29, 0.717) is 25.9 Å². The zero-order valence-electron chi connectivity index (χ0n) is 17.0. The molecule has 6 heteroatoms. The number of morpholine rings is 1. The molecule has 29 heavy (non-hydrogen) atoms. The minimum atomic E-state index is -0.0645. The number of ether oxygens (including phenoxy) is 1. The largest absolute Gasteiger partial charge is 0.378 e. The molecule has 1 aliphatic rings. The zero-order chi connectivity index (χ0) is 20.5. The van der Waals surface area contributed by atoms with Gasteiger partial charge in [0.2, 0.25) is 11.8 Å². The van der Waals surface area contributed by atoms with Crippen molar-refractivity contribution in [1.29, 1.82) is 0 Å². The fourth-order valence-electron chi connectivity index (χ4n) is 3.34. The smallest absolute Gasteiger partial charge is 0.224 e. The lowest BCUT2D eigenvalue weighted by molar-refractivity contribution is -0.130. The third-order valence-electron chi connectivity index (χ3n) is 5.03. The van der Waals surface area contributed by atoms with Gasteiger partial charge in [0.15, 0.2) is 0 Å². The summed E-state index contributed by atoms with van der Waals surface area (Å²) >= 11 is 0. The molecule has 2 aromatic rings. The summed E-state index contributed by atoms with van der Waals surface area (Å²) in [6, 6.07) is 17.9. The van der Waals surface area contributed by atoms with E-state index in [2.05, 4.69) is 34.5 Å². The Kier molecular flexibility index (Phi) is 7.64. The van der Waals surface area contributed by atoms with Crippen LogP contribution in [-0.4, -0.2) is 56.6 Å². The van der Waals surface area contributed by atoms with E-state index >= 15 is 0 Å². The first-order chi connectivity index (χ1) is 14.1. The molecular weight excluding hydrogens is 366 g/mol. The lowest BCUT2D eigenvalue weighted by Gasteiger charge is -2.29. The Balaban J connectivity index is 1.39. The van der Waals surface area contributed by atoms with Crippen LogP contribution in [-0.2, 0) is 27.3 Å². The van der Waals surface area contributed by atoms with Gasteiger partial charge in [0.25, 0.3) is 0 Å². The third kappa shape index (κ3) is 6.61. The van der Waals surface area contributed by atoms with Crippen LogP contribution >= 0.6 is 0 Å². The molecule has 154 valence electrons. The van der Waals surface area contributed by atoms with E-state index in [-0.39, 0.29) is 11.8 Å². The van der Waals surface area contributed by atoms with Gasteiger partial charge in [0, 0.05) is 45.3 Å². The Bertz CT molecular complexity index is 787. The minimum absolute atomic E-state index is 0.0160. The zero-order valence-corrected chi connectivity index (χ0v) is 17.0. The van der Waals surface area contributed by atoms with Gasteiger partial charge < -0.3 is 19.9 Å². The summed E-state index contributed by atoms with van der Waals surface area (Å²) in [6.45, 7) is 4.26. The summed E-state index contributed by atoms with van der Waals surface area (Å²) in [4.78, 5) is 28.3. The van der Waals surface area contributed by atoms with Gasteiger partial charge >= 0.3 is 0 Å². The first-order valence-corrected chi connectivity index (χ1v) is 10.1. The Morgan fingerprint density at radius 2 is 1.69 bits per heavy atom. The molecule has 1 fully saturated rings. The molecule has 0 bridgehead atoms. The predicted octanol–water partition coefficient (Wildman–Crippen LogP) is 2.23. The standard InChI is InChI=1S/C23H29N3O3/c1-25(18-20-7-9-21(10-8-20)26-13-15-29-16-14-26)23(28)11-12-24-22(27)17-19-5-3-2-4-6-19/h2-10H,11-18H2,1H3,(H,24,27). The van der Waals surface area contributed by atoms with Gasteiger partial charge in [-0.05, 0) is 23.3 Å². The van der Waals surface area contributed by atoms with E-state index in [9.17, 15) is 9.59 Å². The molecule has 1 aliphatic heterocycles. The minimum Gasteiger partial charge on any atom is -0.378 e. The number of hydrogen-bond acceptors (Lipinski definition) is 4. The van der Waals surface area contributed by atoms with Crippen molar-refractivity contribution < 1.29 is 14.3 Å². The second-order valence-electron chi connectivity index (χ2n) is 7.28. The fraction of sp³-hybridized carbons (Fsp3) is 0.391. The maximum atomic E-state index is 12.4. The highest BCUT2D eigenvalue weighted by Crippen LogP contribution is 2.17. The molecule has 3 rings (SSSR count). The van der Waals surface area contributed by atoms with Crippen LogP contribution < -0.4 is 10.2 Å². The second-order valence-corrected chi connectivity index (χ2v) is 7.28. The average molecular weight is 396 g/mol. The molecule has 0 unspecified atom stereocenters. The van der Waals surface area contributed by atoms with Gasteiger partial charge in [-0.3, -0.25) is 9.59 Å². The topological polar surface area (TPSA) is 61.9 Å². The monoisotopic (exact) mass is 395 g/mol. The van der Waals surface area contributed by atoms with Crippen LogP contribution in [0.4, 0.5) is 5.69 Å². The number of nitrogens with zero attached hydrogens (tertiary/aromatic N) is 2. The van der Waals surface area contributed by atoms with E-state index in [0.717, 1.165) is 37.4 Å². The number of anilines is 1. The molecule has 1 saturated heterocycles. The summed E-state index contributed by atoms with van der Waals surface area (Å²) in [6.07, 6.45) is 0.628. The van der Waals surface area contributed by atoms with Gasteiger partial charge in [-0.25, -0.2) is 0 Å². The van der Waals surface area contributed by atoms with Gasteiger partial charge in [0.05, 0.1) is 19.6 Å². The van der Waals surface area contributed by atoms with Crippen LogP contribution in [0.25, 0.3) is 0 Å². The van der Waals surface area contributed by atoms with Crippen molar-refractivity contribution in [1.82, 2.24) is 10.2 Å². The van der Waals surface area contributed by atoms with Crippen molar-refractivity contribution in [2.75, 3.05) is 44.8 Å². The molecule has 1 heterocycles. The quantitative estimate of drug-likeness (QED) is 0.745. The second kappa shape index (κ2) is 10.6. The van der Waals surface area contributed by atoms with Crippen molar-refractivity contribution in [2.45, 2.75) is 19.4 Å². The van der Waals surface area contributed by atoms with Crippen molar-refractivity contribution >= 4 is 17.5 Å². The summed E-state index contributed by atoms with van der Waals surface area (Å²) in [7, 11) is 1.80. The Hall–Kier alpha value is -2.86. The average Bonchev–Trinajstić information content (AvgIpc) is 2.75. The number of hydrogen-bond donors (Lipinski definition) is 1. The number of carbonyl (C=O) groups excluding carboxylic acids is 2. The molecule has 2 amide bonds. The maximum Gasteiger partial charge on any atom is 0.224 e. The number of rotatable bonds is 8. The molecular formula is C23H29N3O3. The van der Waals surface area contributed by atoms with Crippen LogP contribution in [0.5, 0.6) is 0 Å². The Morgan fingerprint density at radius 1 is 1.00 bits per heavy atom. The highest BCUT2D eigenvalue weighted by atomic mass is 16.5. The van der Waals surface area contributed by atoms with E-state index in [1.807, 2.05) is 30.3 Å². The van der Waals surface area contributed by atoms with Crippen molar-refractivity contribution in [2.24, 2.45) is 0 Å². The fourth-order valence-corrected chi connectivity index (χ4v) is 3.34. The van der Waals surface area contributed by atoms with Crippen LogP contribution in [0.3, 0.4) is 0 Å². The Morgan fingerprint density at radius 3 is 2.38 bits per heavy atom. The highest BCUT2D eigenvalue weighted by Gasteiger charge is 2.13. The summed E-state index contributed by atoms with van der Waals surface area (Å²) in [5, 5.41) is 2.82. The number of benzene rings is 2. The van der Waals surface area contributed by atoms with Crippen LogP contribution in [0.15, 0.2) is 54.6 Å². The maximum absolute atomic E-state index is 12.4. The van der Waals surface area contributed by atoms with E-state index in [4.69, 9.17) is 4.74 Å². The molecule has 1 N–H and O–H groups in total. The van der Waals surface area contributed by atoms with E-state index in [1.54, 1.807) is 11.9 Å². The number of carbonyl (C=O) groups is 2. The number of amides is 2. The lowest BCUT2D eigenvalue weighted by atomic mass is 10.1. The lowest BCUT2D eigenvalue weighted by Crippen LogP contribution is -2.36. The molecule has 6 nitrogen and oxygen atoms in total. The highest BCUT2D eigenvalue weighted by molar-refractivity contribution is 5.80. The van der Waals surface area contributed by atoms with Gasteiger partial charge in [-0.15, -0.1) is 0 Å². The summed E-state index contributed by atoms with van der Waals surface area (Å²) < 4.78 is 5.39. The molecule has 0 radical (unpaired) electrons. The first kappa shape index (κ1) is 20.9. The molecule has 0 spiro atoms. The molecule has 2 aromatic carbocycles. The number of nitrogens with one attached hydrogen (secondary N) is 1. The van der Waals surface area contributed by atoms with Crippen LogP contribution in [0, 0.1) is 0 Å². The molecule has 0 atom stereocenters. The Labute approximate surface area is 172 Å². The van der Waals surface area contributed by atoms with Crippen molar-refractivity contribution in [3.63, 3.8) is 0 Å². The van der Waals surface area contributed by atoms with E-state index < -0.39 is 0 Å². The normalized spacial score (nSPS) is 13.8. The van der Waals surface area contributed by atoms with Crippen LogP contribution in [0.2, 0.25) is 0 Å². The van der Waals surface area contributed by atoms with Crippen molar-refractivity contribution in [3.05, 3.63) is 65.7 Å². The molecule has 0 saturated carbocycles. The van der Waals surface area contributed by atoms with E-state index in [1.165, 1.54) is 5.69 Å². The van der Waals surface area contributed by atoms with Gasteiger partial charge in [0.1, 0.15) is 0 Å².